The number of amides is 1. The number of para-hydroxylation sites is 2. The summed E-state index contributed by atoms with van der Waals surface area (Å²) in [6.45, 7) is 0.0860. The van der Waals surface area contributed by atoms with Crippen LogP contribution in [0.4, 0.5) is 0 Å². The van der Waals surface area contributed by atoms with Crippen LogP contribution in [0.25, 0.3) is 16.9 Å². The molecule has 1 amide bonds. The number of aromatic nitrogens is 3. The van der Waals surface area contributed by atoms with Gasteiger partial charge in [0.2, 0.25) is 5.91 Å². The van der Waals surface area contributed by atoms with E-state index in [4.69, 9.17) is 0 Å². The number of sulfonamides is 1. The Bertz CT molecular complexity index is 1460. The quantitative estimate of drug-likeness (QED) is 0.484. The summed E-state index contributed by atoms with van der Waals surface area (Å²) in [6, 6.07) is 18.1. The number of rotatable bonds is 5. The minimum Gasteiger partial charge on any atom is -0.350 e. The Morgan fingerprint density at radius 1 is 1.03 bits per heavy atom. The van der Waals surface area contributed by atoms with Crippen LogP contribution in [0, 0.1) is 0 Å². The standard InChI is InChI=1S/C22H18N6O3S/c29-21(13-25-22-16-5-1-4-8-19(16)32(30,31)27-22)24-12-15-9-10-20(23-11-15)28-14-26-17-6-2-3-7-18(17)28/h1-11,14H,12-13H2,(H,24,29)(H,25,27). The van der Waals surface area contributed by atoms with E-state index in [2.05, 4.69) is 25.0 Å². The lowest BCUT2D eigenvalue weighted by atomic mass is 10.2. The fourth-order valence-electron chi connectivity index (χ4n) is 3.46. The second-order valence-corrected chi connectivity index (χ2v) is 8.82. The molecule has 2 aromatic carbocycles. The van der Waals surface area contributed by atoms with Gasteiger partial charge < -0.3 is 5.32 Å². The summed E-state index contributed by atoms with van der Waals surface area (Å²) in [4.78, 5) is 25.3. The first kappa shape index (κ1) is 19.9. The summed E-state index contributed by atoms with van der Waals surface area (Å²) in [6.07, 6.45) is 3.42. The zero-order chi connectivity index (χ0) is 22.1. The Morgan fingerprint density at radius 2 is 1.84 bits per heavy atom. The number of fused-ring (bicyclic) bond motifs is 2. The fourth-order valence-corrected chi connectivity index (χ4v) is 4.72. The molecule has 0 fully saturated rings. The van der Waals surface area contributed by atoms with Crippen molar-refractivity contribution in [3.05, 3.63) is 84.3 Å². The zero-order valence-electron chi connectivity index (χ0n) is 16.8. The lowest BCUT2D eigenvalue weighted by molar-refractivity contribution is -0.119. The molecule has 5 rings (SSSR count). The van der Waals surface area contributed by atoms with Gasteiger partial charge in [0.25, 0.3) is 10.0 Å². The van der Waals surface area contributed by atoms with Gasteiger partial charge in [-0.1, -0.05) is 30.3 Å². The number of hydrogen-bond donors (Lipinski definition) is 2. The maximum Gasteiger partial charge on any atom is 0.263 e. The molecule has 0 saturated carbocycles. The van der Waals surface area contributed by atoms with E-state index >= 15 is 0 Å². The van der Waals surface area contributed by atoms with Gasteiger partial charge in [-0.3, -0.25) is 19.1 Å². The van der Waals surface area contributed by atoms with Gasteiger partial charge >= 0.3 is 0 Å². The van der Waals surface area contributed by atoms with Gasteiger partial charge in [0, 0.05) is 18.3 Å². The third-order valence-corrected chi connectivity index (χ3v) is 6.44. The monoisotopic (exact) mass is 446 g/mol. The van der Waals surface area contributed by atoms with E-state index < -0.39 is 10.0 Å². The molecule has 3 heterocycles. The van der Waals surface area contributed by atoms with Crippen molar-refractivity contribution in [2.75, 3.05) is 6.54 Å². The van der Waals surface area contributed by atoms with Gasteiger partial charge in [0.1, 0.15) is 24.5 Å². The molecule has 0 unspecified atom stereocenters. The number of benzene rings is 2. The average Bonchev–Trinajstić information content (AvgIpc) is 3.35. The van der Waals surface area contributed by atoms with Gasteiger partial charge in [-0.15, -0.1) is 0 Å². The molecule has 4 aromatic rings. The molecule has 0 radical (unpaired) electrons. The van der Waals surface area contributed by atoms with Crippen molar-refractivity contribution < 1.29 is 13.2 Å². The van der Waals surface area contributed by atoms with Crippen LogP contribution >= 0.6 is 0 Å². The third kappa shape index (κ3) is 3.71. The molecule has 0 spiro atoms. The highest BCUT2D eigenvalue weighted by Gasteiger charge is 2.30. The lowest BCUT2D eigenvalue weighted by Crippen LogP contribution is -2.28. The highest BCUT2D eigenvalue weighted by molar-refractivity contribution is 7.90. The van der Waals surface area contributed by atoms with Crippen LogP contribution in [0.2, 0.25) is 0 Å². The number of aliphatic imine (C=N–C) groups is 1. The van der Waals surface area contributed by atoms with Crippen molar-refractivity contribution in [2.24, 2.45) is 4.99 Å². The maximum absolute atomic E-state index is 12.2. The summed E-state index contributed by atoms with van der Waals surface area (Å²) >= 11 is 0. The lowest BCUT2D eigenvalue weighted by Gasteiger charge is -2.07. The average molecular weight is 446 g/mol. The van der Waals surface area contributed by atoms with Crippen molar-refractivity contribution >= 4 is 32.8 Å². The first-order valence-electron chi connectivity index (χ1n) is 9.82. The maximum atomic E-state index is 12.2. The predicted octanol–water partition coefficient (Wildman–Crippen LogP) is 1.78. The van der Waals surface area contributed by atoms with Gasteiger partial charge in [-0.25, -0.2) is 18.4 Å². The number of nitrogens with one attached hydrogen (secondary N) is 2. The number of hydrogen-bond acceptors (Lipinski definition) is 6. The van der Waals surface area contributed by atoms with Crippen molar-refractivity contribution in [2.45, 2.75) is 11.4 Å². The second kappa shape index (κ2) is 7.89. The van der Waals surface area contributed by atoms with E-state index in [9.17, 15) is 13.2 Å². The molecule has 2 aromatic heterocycles. The molecule has 32 heavy (non-hydrogen) atoms. The Labute approximate surface area is 183 Å². The summed E-state index contributed by atoms with van der Waals surface area (Å²) in [5, 5.41) is 2.77. The molecule has 160 valence electrons. The molecule has 10 heteroatoms. The Hall–Kier alpha value is -4.05. The van der Waals surface area contributed by atoms with Gasteiger partial charge in [0.05, 0.1) is 15.9 Å². The van der Waals surface area contributed by atoms with Crippen molar-refractivity contribution in [3.63, 3.8) is 0 Å². The Balaban J connectivity index is 1.22. The summed E-state index contributed by atoms with van der Waals surface area (Å²) in [5.74, 6) is 0.576. The van der Waals surface area contributed by atoms with E-state index in [1.165, 1.54) is 6.07 Å². The number of pyridine rings is 1. The number of nitrogens with zero attached hydrogens (tertiary/aromatic N) is 4. The Morgan fingerprint density at radius 3 is 2.69 bits per heavy atom. The van der Waals surface area contributed by atoms with Crippen LogP contribution in [0.5, 0.6) is 0 Å². The predicted molar refractivity (Wildman–Crippen MR) is 119 cm³/mol. The number of carbonyl (C=O) groups is 1. The Kier molecular flexibility index (Phi) is 4.91. The van der Waals surface area contributed by atoms with Gasteiger partial charge in [-0.2, -0.15) is 0 Å². The molecular formula is C22H18N6O3S. The summed E-state index contributed by atoms with van der Waals surface area (Å²) in [7, 11) is -3.62. The number of imidazole rings is 1. The van der Waals surface area contributed by atoms with E-state index in [0.29, 0.717) is 5.56 Å². The van der Waals surface area contributed by atoms with Gasteiger partial charge in [0.15, 0.2) is 0 Å². The molecule has 1 aliphatic heterocycles. The molecular weight excluding hydrogens is 428 g/mol. The fraction of sp³-hybridized carbons (Fsp3) is 0.0909. The molecule has 0 aliphatic carbocycles. The normalized spacial score (nSPS) is 15.4. The van der Waals surface area contributed by atoms with Crippen LogP contribution in [0.1, 0.15) is 11.1 Å². The molecule has 0 bridgehead atoms. The van der Waals surface area contributed by atoms with Crippen LogP contribution < -0.4 is 10.0 Å². The first-order valence-corrected chi connectivity index (χ1v) is 11.3. The van der Waals surface area contributed by atoms with Crippen molar-refractivity contribution in [1.29, 1.82) is 0 Å². The van der Waals surface area contributed by atoms with Crippen LogP contribution in [0.15, 0.2) is 83.1 Å². The van der Waals surface area contributed by atoms with Gasteiger partial charge in [-0.05, 0) is 35.9 Å². The highest BCUT2D eigenvalue weighted by Crippen LogP contribution is 2.22. The minimum absolute atomic E-state index is 0.163. The third-order valence-electron chi connectivity index (χ3n) is 5.04. The van der Waals surface area contributed by atoms with E-state index in [-0.39, 0.29) is 29.7 Å². The molecule has 9 nitrogen and oxygen atoms in total. The minimum atomic E-state index is -3.62. The zero-order valence-corrected chi connectivity index (χ0v) is 17.6. The van der Waals surface area contributed by atoms with Crippen molar-refractivity contribution in [3.8, 4) is 5.82 Å². The smallest absolute Gasteiger partial charge is 0.263 e. The second-order valence-electron chi connectivity index (χ2n) is 7.17. The van der Waals surface area contributed by atoms with Crippen LogP contribution in [-0.2, 0) is 21.4 Å². The van der Waals surface area contributed by atoms with Crippen LogP contribution in [0.3, 0.4) is 0 Å². The van der Waals surface area contributed by atoms with E-state index in [1.54, 1.807) is 30.7 Å². The van der Waals surface area contributed by atoms with E-state index in [1.807, 2.05) is 41.0 Å². The molecule has 2 N–H and O–H groups in total. The van der Waals surface area contributed by atoms with E-state index in [0.717, 1.165) is 22.4 Å². The topological polar surface area (TPSA) is 118 Å². The molecule has 0 saturated heterocycles. The first-order chi connectivity index (χ1) is 15.5. The summed E-state index contributed by atoms with van der Waals surface area (Å²) in [5.41, 5.74) is 3.14. The largest absolute Gasteiger partial charge is 0.350 e. The summed E-state index contributed by atoms with van der Waals surface area (Å²) < 4.78 is 28.5. The SMILES string of the molecule is O=C(CN=C1NS(=O)(=O)c2ccccc21)NCc1ccc(-n2cnc3ccccc32)nc1. The van der Waals surface area contributed by atoms with Crippen LogP contribution in [-0.4, -0.2) is 41.2 Å². The molecule has 0 atom stereocenters. The highest BCUT2D eigenvalue weighted by atomic mass is 32.2. The number of carbonyl (C=O) groups excluding carboxylic acids is 1. The molecule has 1 aliphatic rings. The van der Waals surface area contributed by atoms with Crippen molar-refractivity contribution in [1.82, 2.24) is 24.6 Å². The number of amidine groups is 1.